The molecule has 0 bridgehead atoms. The fourth-order valence-corrected chi connectivity index (χ4v) is 3.58. The van der Waals surface area contributed by atoms with E-state index in [-0.39, 0.29) is 12.3 Å². The van der Waals surface area contributed by atoms with Crippen molar-refractivity contribution in [3.8, 4) is 5.75 Å². The number of para-hydroxylation sites is 1. The van der Waals surface area contributed by atoms with Gasteiger partial charge in [0.1, 0.15) is 17.4 Å². The first-order valence-corrected chi connectivity index (χ1v) is 10.3. The maximum atomic E-state index is 12.3. The van der Waals surface area contributed by atoms with Crippen LogP contribution in [0.4, 0.5) is 11.4 Å². The van der Waals surface area contributed by atoms with Crippen molar-refractivity contribution >= 4 is 28.6 Å². The van der Waals surface area contributed by atoms with Gasteiger partial charge in [0.25, 0.3) is 0 Å². The number of thiazole rings is 1. The summed E-state index contributed by atoms with van der Waals surface area (Å²) in [7, 11) is 0. The first-order valence-electron chi connectivity index (χ1n) is 9.44. The van der Waals surface area contributed by atoms with Gasteiger partial charge >= 0.3 is 0 Å². The third kappa shape index (κ3) is 5.57. The molecule has 0 unspecified atom stereocenters. The van der Waals surface area contributed by atoms with Crippen molar-refractivity contribution in [2.75, 3.05) is 23.3 Å². The van der Waals surface area contributed by atoms with Gasteiger partial charge in [-0.2, -0.15) is 0 Å². The lowest BCUT2D eigenvalue weighted by Crippen LogP contribution is -2.21. The van der Waals surface area contributed by atoms with Crippen LogP contribution in [0.5, 0.6) is 5.75 Å². The SMILES string of the molecule is CCN(CC)c1ccc(NC(=O)Cc2csc(COc3ccccc3)n2)cc1. The van der Waals surface area contributed by atoms with Crippen LogP contribution in [0.3, 0.4) is 0 Å². The van der Waals surface area contributed by atoms with Crippen molar-refractivity contribution in [1.29, 1.82) is 0 Å². The molecule has 146 valence electrons. The summed E-state index contributed by atoms with van der Waals surface area (Å²) in [5, 5.41) is 5.70. The highest BCUT2D eigenvalue weighted by atomic mass is 32.1. The summed E-state index contributed by atoms with van der Waals surface area (Å²) in [6.07, 6.45) is 0.250. The van der Waals surface area contributed by atoms with Gasteiger partial charge in [0, 0.05) is 29.8 Å². The fraction of sp³-hybridized carbons (Fsp3) is 0.273. The number of amides is 1. The van der Waals surface area contributed by atoms with Crippen LogP contribution < -0.4 is 15.0 Å². The van der Waals surface area contributed by atoms with Gasteiger partial charge in [-0.05, 0) is 50.2 Å². The van der Waals surface area contributed by atoms with E-state index < -0.39 is 0 Å². The van der Waals surface area contributed by atoms with Crippen LogP contribution in [0.1, 0.15) is 24.5 Å². The Morgan fingerprint density at radius 1 is 1.07 bits per heavy atom. The second kappa shape index (κ2) is 9.90. The molecular weight excluding hydrogens is 370 g/mol. The Balaban J connectivity index is 1.50. The Morgan fingerprint density at radius 3 is 2.46 bits per heavy atom. The van der Waals surface area contributed by atoms with Gasteiger partial charge in [0.05, 0.1) is 12.1 Å². The van der Waals surface area contributed by atoms with E-state index in [0.717, 1.165) is 40.9 Å². The molecule has 3 aromatic rings. The molecule has 0 aliphatic heterocycles. The number of rotatable bonds is 9. The summed E-state index contributed by atoms with van der Waals surface area (Å²) < 4.78 is 5.70. The second-order valence-corrected chi connectivity index (χ2v) is 7.22. The number of ether oxygens (including phenoxy) is 1. The van der Waals surface area contributed by atoms with Crippen LogP contribution in [0.15, 0.2) is 60.0 Å². The number of nitrogens with one attached hydrogen (secondary N) is 1. The molecule has 0 fully saturated rings. The zero-order chi connectivity index (χ0) is 19.8. The Hall–Kier alpha value is -2.86. The number of aromatic nitrogens is 1. The Morgan fingerprint density at radius 2 is 1.79 bits per heavy atom. The summed E-state index contributed by atoms with van der Waals surface area (Å²) in [5.74, 6) is 0.738. The molecule has 1 amide bonds. The van der Waals surface area contributed by atoms with E-state index in [2.05, 4.69) is 29.0 Å². The predicted octanol–water partition coefficient (Wildman–Crippen LogP) is 4.75. The van der Waals surface area contributed by atoms with Crippen LogP contribution >= 0.6 is 11.3 Å². The topological polar surface area (TPSA) is 54.5 Å². The van der Waals surface area contributed by atoms with Crippen LogP contribution in [0, 0.1) is 0 Å². The first kappa shape index (κ1) is 19.9. The normalized spacial score (nSPS) is 10.5. The largest absolute Gasteiger partial charge is 0.486 e. The van der Waals surface area contributed by atoms with Gasteiger partial charge in [-0.1, -0.05) is 18.2 Å². The van der Waals surface area contributed by atoms with Gasteiger partial charge in [-0.3, -0.25) is 4.79 Å². The number of nitrogens with zero attached hydrogens (tertiary/aromatic N) is 2. The number of hydrogen-bond acceptors (Lipinski definition) is 5. The fourth-order valence-electron chi connectivity index (χ4n) is 2.87. The van der Waals surface area contributed by atoms with Gasteiger partial charge in [-0.15, -0.1) is 11.3 Å². The maximum absolute atomic E-state index is 12.3. The highest BCUT2D eigenvalue weighted by molar-refractivity contribution is 7.09. The summed E-state index contributed by atoms with van der Waals surface area (Å²) in [6.45, 7) is 6.59. The molecule has 0 saturated carbocycles. The summed E-state index contributed by atoms with van der Waals surface area (Å²) in [6, 6.07) is 17.6. The highest BCUT2D eigenvalue weighted by Crippen LogP contribution is 2.19. The molecule has 1 heterocycles. The second-order valence-electron chi connectivity index (χ2n) is 6.28. The molecular formula is C22H25N3O2S. The lowest BCUT2D eigenvalue weighted by atomic mass is 10.2. The van der Waals surface area contributed by atoms with E-state index in [9.17, 15) is 4.79 Å². The molecule has 0 spiro atoms. The van der Waals surface area contributed by atoms with Crippen LogP contribution in [0.2, 0.25) is 0 Å². The minimum Gasteiger partial charge on any atom is -0.486 e. The van der Waals surface area contributed by atoms with Gasteiger partial charge < -0.3 is 15.0 Å². The monoisotopic (exact) mass is 395 g/mol. The van der Waals surface area contributed by atoms with E-state index in [1.165, 1.54) is 11.3 Å². The lowest BCUT2D eigenvalue weighted by molar-refractivity contribution is -0.115. The zero-order valence-corrected chi connectivity index (χ0v) is 17.0. The minimum atomic E-state index is -0.0728. The summed E-state index contributed by atoms with van der Waals surface area (Å²) in [5.41, 5.74) is 2.71. The van der Waals surface area contributed by atoms with E-state index in [4.69, 9.17) is 4.74 Å². The molecule has 5 nitrogen and oxygen atoms in total. The van der Waals surface area contributed by atoms with Gasteiger partial charge in [-0.25, -0.2) is 4.98 Å². The number of carbonyl (C=O) groups is 1. The molecule has 3 rings (SSSR count). The smallest absolute Gasteiger partial charge is 0.230 e. The summed E-state index contributed by atoms with van der Waals surface area (Å²) in [4.78, 5) is 19.1. The first-order chi connectivity index (χ1) is 13.7. The molecule has 6 heteroatoms. The van der Waals surface area contributed by atoms with Crippen molar-refractivity contribution in [1.82, 2.24) is 4.98 Å². The molecule has 2 aromatic carbocycles. The van der Waals surface area contributed by atoms with Crippen molar-refractivity contribution in [3.63, 3.8) is 0 Å². The van der Waals surface area contributed by atoms with E-state index in [1.807, 2.05) is 60.0 Å². The van der Waals surface area contributed by atoms with Gasteiger partial charge in [0.2, 0.25) is 5.91 Å². The average molecular weight is 396 g/mol. The van der Waals surface area contributed by atoms with Crippen molar-refractivity contribution in [2.45, 2.75) is 26.9 Å². The van der Waals surface area contributed by atoms with E-state index in [1.54, 1.807) is 0 Å². The highest BCUT2D eigenvalue weighted by Gasteiger charge is 2.09. The van der Waals surface area contributed by atoms with Crippen molar-refractivity contribution in [2.24, 2.45) is 0 Å². The third-order valence-electron chi connectivity index (χ3n) is 4.33. The number of carbonyl (C=O) groups excluding carboxylic acids is 1. The van der Waals surface area contributed by atoms with E-state index >= 15 is 0 Å². The molecule has 28 heavy (non-hydrogen) atoms. The minimum absolute atomic E-state index is 0.0728. The predicted molar refractivity (Wildman–Crippen MR) is 115 cm³/mol. The molecule has 1 aromatic heterocycles. The lowest BCUT2D eigenvalue weighted by Gasteiger charge is -2.21. The number of benzene rings is 2. The van der Waals surface area contributed by atoms with Crippen LogP contribution in [-0.4, -0.2) is 24.0 Å². The number of anilines is 2. The van der Waals surface area contributed by atoms with E-state index in [0.29, 0.717) is 6.61 Å². The van der Waals surface area contributed by atoms with Crippen molar-refractivity contribution < 1.29 is 9.53 Å². The Labute approximate surface area is 170 Å². The van der Waals surface area contributed by atoms with Crippen molar-refractivity contribution in [3.05, 3.63) is 70.7 Å². The van der Waals surface area contributed by atoms with Crippen LogP contribution in [0.25, 0.3) is 0 Å². The molecule has 0 atom stereocenters. The van der Waals surface area contributed by atoms with Crippen LogP contribution in [-0.2, 0) is 17.8 Å². The standard InChI is InChI=1S/C22H25N3O2S/c1-3-25(4-2)19-12-10-17(11-13-19)23-21(26)14-18-16-28-22(24-18)15-27-20-8-6-5-7-9-20/h5-13,16H,3-4,14-15H2,1-2H3,(H,23,26). The molecule has 0 saturated heterocycles. The maximum Gasteiger partial charge on any atom is 0.230 e. The average Bonchev–Trinajstić information content (AvgIpc) is 3.16. The molecule has 0 aliphatic rings. The molecule has 0 aliphatic carbocycles. The Bertz CT molecular complexity index is 874. The summed E-state index contributed by atoms with van der Waals surface area (Å²) >= 11 is 1.51. The molecule has 0 radical (unpaired) electrons. The van der Waals surface area contributed by atoms with Gasteiger partial charge in [0.15, 0.2) is 0 Å². The quantitative estimate of drug-likeness (QED) is 0.568. The molecule has 1 N–H and O–H groups in total. The zero-order valence-electron chi connectivity index (χ0n) is 16.2. The third-order valence-corrected chi connectivity index (χ3v) is 5.20. The Kier molecular flexibility index (Phi) is 7.03. The number of hydrogen-bond donors (Lipinski definition) is 1.